The van der Waals surface area contributed by atoms with E-state index in [-0.39, 0.29) is 0 Å². The molecule has 3 unspecified atom stereocenters. The molecule has 116 valence electrons. The fourth-order valence-electron chi connectivity index (χ4n) is 4.28. The molecule has 0 heterocycles. The number of nitrogens with one attached hydrogen (secondary N) is 1. The van der Waals surface area contributed by atoms with Gasteiger partial charge in [-0.2, -0.15) is 0 Å². The molecular weight excluding hydrogens is 254 g/mol. The summed E-state index contributed by atoms with van der Waals surface area (Å²) in [6.45, 7) is 8.03. The molecule has 0 amide bonds. The van der Waals surface area contributed by atoms with Crippen LogP contribution in [-0.2, 0) is 6.42 Å². The Morgan fingerprint density at radius 2 is 1.90 bits per heavy atom. The molecule has 0 bridgehead atoms. The lowest BCUT2D eigenvalue weighted by atomic mass is 9.87. The Morgan fingerprint density at radius 3 is 2.57 bits per heavy atom. The summed E-state index contributed by atoms with van der Waals surface area (Å²) in [7, 11) is 0. The second-order valence-corrected chi connectivity index (χ2v) is 7.76. The summed E-state index contributed by atoms with van der Waals surface area (Å²) < 4.78 is 0. The van der Waals surface area contributed by atoms with Crippen molar-refractivity contribution in [1.29, 1.82) is 0 Å². The smallest absolute Gasteiger partial charge is 0.0348 e. The summed E-state index contributed by atoms with van der Waals surface area (Å²) in [6.07, 6.45) is 6.86. The van der Waals surface area contributed by atoms with Gasteiger partial charge in [0.2, 0.25) is 0 Å². The van der Waals surface area contributed by atoms with E-state index in [2.05, 4.69) is 50.4 Å². The molecule has 1 aromatic carbocycles. The summed E-state index contributed by atoms with van der Waals surface area (Å²) in [5, 5.41) is 3.85. The Labute approximate surface area is 130 Å². The van der Waals surface area contributed by atoms with Crippen molar-refractivity contribution in [3.63, 3.8) is 0 Å². The molecule has 0 radical (unpaired) electrons. The molecule has 2 saturated carbocycles. The molecule has 1 nitrogen and oxygen atoms in total. The van der Waals surface area contributed by atoms with Gasteiger partial charge in [-0.05, 0) is 73.4 Å². The van der Waals surface area contributed by atoms with Gasteiger partial charge in [-0.3, -0.25) is 0 Å². The average molecular weight is 285 g/mol. The van der Waals surface area contributed by atoms with Crippen LogP contribution in [0.2, 0.25) is 0 Å². The number of benzene rings is 1. The molecule has 3 rings (SSSR count). The minimum Gasteiger partial charge on any atom is -0.310 e. The maximum atomic E-state index is 3.85. The minimum atomic E-state index is 0.588. The maximum absolute atomic E-state index is 3.85. The lowest BCUT2D eigenvalue weighted by Gasteiger charge is -2.27. The molecule has 2 fully saturated rings. The topological polar surface area (TPSA) is 12.0 Å². The zero-order valence-corrected chi connectivity index (χ0v) is 13.9. The molecule has 1 heteroatoms. The largest absolute Gasteiger partial charge is 0.310 e. The van der Waals surface area contributed by atoms with E-state index < -0.39 is 0 Å². The molecule has 2 aliphatic rings. The van der Waals surface area contributed by atoms with Crippen molar-refractivity contribution in [2.75, 3.05) is 6.54 Å². The third-order valence-corrected chi connectivity index (χ3v) is 5.32. The van der Waals surface area contributed by atoms with Crippen LogP contribution in [0.15, 0.2) is 24.3 Å². The van der Waals surface area contributed by atoms with Crippen LogP contribution in [0, 0.1) is 23.7 Å². The van der Waals surface area contributed by atoms with Crippen LogP contribution in [0.1, 0.15) is 63.6 Å². The van der Waals surface area contributed by atoms with E-state index in [0.717, 1.165) is 30.2 Å². The SMILES string of the molecule is CCCNC(c1cccc(CC(C)C)c1)C1CC2CC2C1. The lowest BCUT2D eigenvalue weighted by Crippen LogP contribution is -2.28. The summed E-state index contributed by atoms with van der Waals surface area (Å²) in [4.78, 5) is 0. The first-order chi connectivity index (χ1) is 10.2. The minimum absolute atomic E-state index is 0.588. The summed E-state index contributed by atoms with van der Waals surface area (Å²) in [5.41, 5.74) is 3.04. The molecule has 3 atom stereocenters. The van der Waals surface area contributed by atoms with Crippen molar-refractivity contribution in [2.24, 2.45) is 23.7 Å². The second-order valence-electron chi connectivity index (χ2n) is 7.76. The second kappa shape index (κ2) is 6.52. The van der Waals surface area contributed by atoms with Gasteiger partial charge in [0, 0.05) is 6.04 Å². The van der Waals surface area contributed by atoms with E-state index in [4.69, 9.17) is 0 Å². The first-order valence-corrected chi connectivity index (χ1v) is 8.99. The molecule has 1 aromatic rings. The van der Waals surface area contributed by atoms with Crippen molar-refractivity contribution in [2.45, 2.75) is 58.9 Å². The summed E-state index contributed by atoms with van der Waals surface area (Å²) in [6, 6.07) is 9.97. The van der Waals surface area contributed by atoms with Gasteiger partial charge in [-0.25, -0.2) is 0 Å². The van der Waals surface area contributed by atoms with E-state index in [1.165, 1.54) is 43.2 Å². The van der Waals surface area contributed by atoms with Crippen molar-refractivity contribution in [3.05, 3.63) is 35.4 Å². The van der Waals surface area contributed by atoms with Crippen LogP contribution in [0.5, 0.6) is 0 Å². The van der Waals surface area contributed by atoms with Gasteiger partial charge in [0.25, 0.3) is 0 Å². The van der Waals surface area contributed by atoms with Gasteiger partial charge in [0.05, 0.1) is 0 Å². The van der Waals surface area contributed by atoms with Gasteiger partial charge < -0.3 is 5.32 Å². The Hall–Kier alpha value is -0.820. The molecule has 1 N–H and O–H groups in total. The fraction of sp³-hybridized carbons (Fsp3) is 0.700. The van der Waals surface area contributed by atoms with Crippen molar-refractivity contribution in [1.82, 2.24) is 5.32 Å². The van der Waals surface area contributed by atoms with Gasteiger partial charge in [0.1, 0.15) is 0 Å². The van der Waals surface area contributed by atoms with Gasteiger partial charge in [-0.15, -0.1) is 0 Å². The highest BCUT2D eigenvalue weighted by Crippen LogP contribution is 2.57. The van der Waals surface area contributed by atoms with Gasteiger partial charge in [-0.1, -0.05) is 45.0 Å². The van der Waals surface area contributed by atoms with Crippen LogP contribution in [0.4, 0.5) is 0 Å². The first-order valence-electron chi connectivity index (χ1n) is 8.99. The predicted octanol–water partition coefficient (Wildman–Crippen LogP) is 4.97. The Balaban J connectivity index is 1.74. The van der Waals surface area contributed by atoms with E-state index in [1.54, 1.807) is 0 Å². The number of fused-ring (bicyclic) bond motifs is 1. The third kappa shape index (κ3) is 3.69. The Morgan fingerprint density at radius 1 is 1.14 bits per heavy atom. The van der Waals surface area contributed by atoms with Crippen LogP contribution in [-0.4, -0.2) is 6.54 Å². The molecule has 0 spiro atoms. The highest BCUT2D eigenvalue weighted by Gasteiger charge is 2.47. The number of hydrogen-bond acceptors (Lipinski definition) is 1. The zero-order chi connectivity index (χ0) is 14.8. The third-order valence-electron chi connectivity index (χ3n) is 5.32. The Kier molecular flexibility index (Phi) is 4.69. The monoisotopic (exact) mass is 285 g/mol. The van der Waals surface area contributed by atoms with Crippen LogP contribution in [0.3, 0.4) is 0 Å². The summed E-state index contributed by atoms with van der Waals surface area (Å²) in [5.74, 6) is 3.75. The Bertz CT molecular complexity index is 455. The van der Waals surface area contributed by atoms with E-state index in [9.17, 15) is 0 Å². The van der Waals surface area contributed by atoms with E-state index in [1.807, 2.05) is 0 Å². The maximum Gasteiger partial charge on any atom is 0.0348 e. The van der Waals surface area contributed by atoms with Crippen molar-refractivity contribution >= 4 is 0 Å². The molecule has 21 heavy (non-hydrogen) atoms. The van der Waals surface area contributed by atoms with Crippen molar-refractivity contribution in [3.8, 4) is 0 Å². The fourth-order valence-corrected chi connectivity index (χ4v) is 4.28. The normalized spacial score (nSPS) is 28.7. The number of hydrogen-bond donors (Lipinski definition) is 1. The van der Waals surface area contributed by atoms with Crippen LogP contribution >= 0.6 is 0 Å². The lowest BCUT2D eigenvalue weighted by molar-refractivity contribution is 0.341. The molecule has 0 aliphatic heterocycles. The number of rotatable bonds is 7. The zero-order valence-electron chi connectivity index (χ0n) is 13.9. The van der Waals surface area contributed by atoms with Gasteiger partial charge >= 0.3 is 0 Å². The molecule has 2 aliphatic carbocycles. The average Bonchev–Trinajstić information content (AvgIpc) is 3.06. The first kappa shape index (κ1) is 15.1. The van der Waals surface area contributed by atoms with E-state index in [0.29, 0.717) is 6.04 Å². The highest BCUT2D eigenvalue weighted by molar-refractivity contribution is 5.27. The van der Waals surface area contributed by atoms with Crippen LogP contribution in [0.25, 0.3) is 0 Å². The highest BCUT2D eigenvalue weighted by atomic mass is 14.9. The molecular formula is C20H31N. The van der Waals surface area contributed by atoms with Crippen LogP contribution < -0.4 is 5.32 Å². The quantitative estimate of drug-likeness (QED) is 0.745. The van der Waals surface area contributed by atoms with Gasteiger partial charge in [0.15, 0.2) is 0 Å². The van der Waals surface area contributed by atoms with Crippen molar-refractivity contribution < 1.29 is 0 Å². The predicted molar refractivity (Wildman–Crippen MR) is 90.3 cm³/mol. The van der Waals surface area contributed by atoms with E-state index >= 15 is 0 Å². The molecule has 0 aromatic heterocycles. The summed E-state index contributed by atoms with van der Waals surface area (Å²) >= 11 is 0. The standard InChI is InChI=1S/C20H31N/c1-4-8-21-20(19-12-17-11-18(17)13-19)16-7-5-6-15(10-16)9-14(2)3/h5-7,10,14,17-21H,4,8-9,11-13H2,1-3H3. The molecule has 0 saturated heterocycles.